The van der Waals surface area contributed by atoms with Crippen LogP contribution in [0.25, 0.3) is 10.2 Å². The fourth-order valence-corrected chi connectivity index (χ4v) is 3.47. The van der Waals surface area contributed by atoms with E-state index in [0.717, 1.165) is 30.2 Å². The van der Waals surface area contributed by atoms with E-state index in [1.54, 1.807) is 17.7 Å². The van der Waals surface area contributed by atoms with Crippen LogP contribution in [-0.2, 0) is 6.42 Å². The Morgan fingerprint density at radius 3 is 3.16 bits per heavy atom. The number of anilines is 1. The minimum atomic E-state index is 0.572. The SMILES string of the molecule is CCc1cc2c(NCC3CCCCN3)ncnc2s1. The first kappa shape index (κ1) is 12.8. The van der Waals surface area contributed by atoms with Crippen molar-refractivity contribution in [3.8, 4) is 0 Å². The Hall–Kier alpha value is -1.20. The van der Waals surface area contributed by atoms with Crippen molar-refractivity contribution in [2.24, 2.45) is 0 Å². The molecule has 1 unspecified atom stereocenters. The van der Waals surface area contributed by atoms with E-state index < -0.39 is 0 Å². The maximum absolute atomic E-state index is 4.40. The van der Waals surface area contributed by atoms with Crippen molar-refractivity contribution in [2.45, 2.75) is 38.6 Å². The number of thiophene rings is 1. The summed E-state index contributed by atoms with van der Waals surface area (Å²) in [6, 6.07) is 2.79. The predicted octanol–water partition coefficient (Wildman–Crippen LogP) is 2.81. The summed E-state index contributed by atoms with van der Waals surface area (Å²) in [6.07, 6.45) is 6.61. The van der Waals surface area contributed by atoms with E-state index in [4.69, 9.17) is 0 Å². The number of piperidine rings is 1. The summed E-state index contributed by atoms with van der Waals surface area (Å²) < 4.78 is 0. The van der Waals surface area contributed by atoms with E-state index in [1.165, 1.54) is 29.5 Å². The highest BCUT2D eigenvalue weighted by atomic mass is 32.1. The van der Waals surface area contributed by atoms with Crippen molar-refractivity contribution >= 4 is 27.4 Å². The van der Waals surface area contributed by atoms with E-state index >= 15 is 0 Å². The van der Waals surface area contributed by atoms with Gasteiger partial charge in [0, 0.05) is 17.5 Å². The smallest absolute Gasteiger partial charge is 0.138 e. The molecule has 1 saturated heterocycles. The number of nitrogens with zero attached hydrogens (tertiary/aromatic N) is 2. The molecule has 0 saturated carbocycles. The van der Waals surface area contributed by atoms with Gasteiger partial charge in [-0.15, -0.1) is 11.3 Å². The quantitative estimate of drug-likeness (QED) is 0.901. The van der Waals surface area contributed by atoms with Crippen molar-refractivity contribution in [1.29, 1.82) is 0 Å². The van der Waals surface area contributed by atoms with Crippen LogP contribution in [0, 0.1) is 0 Å². The van der Waals surface area contributed by atoms with Crippen LogP contribution in [0.5, 0.6) is 0 Å². The molecule has 0 spiro atoms. The molecule has 0 radical (unpaired) electrons. The number of rotatable bonds is 4. The van der Waals surface area contributed by atoms with Gasteiger partial charge in [-0.1, -0.05) is 13.3 Å². The molecule has 4 nitrogen and oxygen atoms in total. The second-order valence-electron chi connectivity index (χ2n) is 5.04. The van der Waals surface area contributed by atoms with Crippen LogP contribution in [0.4, 0.5) is 5.82 Å². The van der Waals surface area contributed by atoms with Crippen LogP contribution < -0.4 is 10.6 Å². The largest absolute Gasteiger partial charge is 0.368 e. The molecule has 1 atom stereocenters. The number of aryl methyl sites for hydroxylation is 1. The van der Waals surface area contributed by atoms with Crippen LogP contribution in [0.2, 0.25) is 0 Å². The first-order valence-electron chi connectivity index (χ1n) is 7.07. The first-order chi connectivity index (χ1) is 9.36. The number of fused-ring (bicyclic) bond motifs is 1. The van der Waals surface area contributed by atoms with Crippen LogP contribution in [-0.4, -0.2) is 29.1 Å². The Bertz CT molecular complexity index is 545. The Kier molecular flexibility index (Phi) is 3.94. The summed E-state index contributed by atoms with van der Waals surface area (Å²) in [7, 11) is 0. The lowest BCUT2D eigenvalue weighted by molar-refractivity contribution is 0.414. The molecule has 0 aromatic carbocycles. The van der Waals surface area contributed by atoms with Crippen molar-refractivity contribution < 1.29 is 0 Å². The third-order valence-electron chi connectivity index (χ3n) is 3.66. The lowest BCUT2D eigenvalue weighted by Crippen LogP contribution is -2.39. The van der Waals surface area contributed by atoms with E-state index in [-0.39, 0.29) is 0 Å². The molecular weight excluding hydrogens is 256 g/mol. The Morgan fingerprint density at radius 2 is 2.37 bits per heavy atom. The molecule has 19 heavy (non-hydrogen) atoms. The van der Waals surface area contributed by atoms with Crippen LogP contribution in [0.15, 0.2) is 12.4 Å². The molecule has 3 rings (SSSR count). The summed E-state index contributed by atoms with van der Waals surface area (Å²) in [5.74, 6) is 0.980. The summed E-state index contributed by atoms with van der Waals surface area (Å²) >= 11 is 1.77. The molecule has 1 aliphatic heterocycles. The maximum atomic E-state index is 4.40. The van der Waals surface area contributed by atoms with Crippen molar-refractivity contribution in [3.63, 3.8) is 0 Å². The zero-order chi connectivity index (χ0) is 13.1. The van der Waals surface area contributed by atoms with Gasteiger partial charge in [0.25, 0.3) is 0 Å². The average molecular weight is 276 g/mol. The molecule has 5 heteroatoms. The lowest BCUT2D eigenvalue weighted by Gasteiger charge is -2.23. The van der Waals surface area contributed by atoms with E-state index in [1.807, 2.05) is 0 Å². The third-order valence-corrected chi connectivity index (χ3v) is 4.84. The summed E-state index contributed by atoms with van der Waals surface area (Å²) in [5.41, 5.74) is 0. The van der Waals surface area contributed by atoms with Crippen LogP contribution in [0.1, 0.15) is 31.1 Å². The fraction of sp³-hybridized carbons (Fsp3) is 0.571. The zero-order valence-corrected chi connectivity index (χ0v) is 12.1. The van der Waals surface area contributed by atoms with E-state index in [2.05, 4.69) is 33.6 Å². The second-order valence-corrected chi connectivity index (χ2v) is 6.15. The van der Waals surface area contributed by atoms with Crippen LogP contribution >= 0.6 is 11.3 Å². The Balaban J connectivity index is 1.74. The highest BCUT2D eigenvalue weighted by Crippen LogP contribution is 2.28. The minimum absolute atomic E-state index is 0.572. The van der Waals surface area contributed by atoms with Gasteiger partial charge in [-0.25, -0.2) is 9.97 Å². The molecule has 102 valence electrons. The van der Waals surface area contributed by atoms with Crippen molar-refractivity contribution in [2.75, 3.05) is 18.4 Å². The van der Waals surface area contributed by atoms with Gasteiger partial charge in [-0.05, 0) is 31.9 Å². The molecule has 2 N–H and O–H groups in total. The fourth-order valence-electron chi connectivity index (χ4n) is 2.54. The van der Waals surface area contributed by atoms with Crippen LogP contribution in [0.3, 0.4) is 0 Å². The molecule has 1 fully saturated rings. The number of hydrogen-bond donors (Lipinski definition) is 2. The first-order valence-corrected chi connectivity index (χ1v) is 7.89. The van der Waals surface area contributed by atoms with Gasteiger partial charge in [0.15, 0.2) is 0 Å². The van der Waals surface area contributed by atoms with Gasteiger partial charge in [-0.2, -0.15) is 0 Å². The molecule has 0 aliphatic carbocycles. The molecule has 2 aromatic rings. The maximum Gasteiger partial charge on any atom is 0.138 e. The lowest BCUT2D eigenvalue weighted by atomic mass is 10.1. The monoisotopic (exact) mass is 276 g/mol. The third kappa shape index (κ3) is 2.87. The molecular formula is C14H20N4S. The molecule has 1 aliphatic rings. The van der Waals surface area contributed by atoms with E-state index in [9.17, 15) is 0 Å². The van der Waals surface area contributed by atoms with Gasteiger partial charge in [0.1, 0.15) is 17.0 Å². The Morgan fingerprint density at radius 1 is 1.42 bits per heavy atom. The summed E-state index contributed by atoms with van der Waals surface area (Å²) in [4.78, 5) is 11.2. The highest BCUT2D eigenvalue weighted by Gasteiger charge is 2.13. The standard InChI is InChI=1S/C14H20N4S/c1-2-11-7-12-13(17-9-18-14(12)19-11)16-8-10-5-3-4-6-15-10/h7,9-10,15H,2-6,8H2,1H3,(H,16,17,18). The average Bonchev–Trinajstić information content (AvgIpc) is 2.90. The normalized spacial score (nSPS) is 19.7. The van der Waals surface area contributed by atoms with Gasteiger partial charge in [0.05, 0.1) is 5.39 Å². The number of aromatic nitrogens is 2. The van der Waals surface area contributed by atoms with E-state index in [0.29, 0.717) is 6.04 Å². The summed E-state index contributed by atoms with van der Waals surface area (Å²) in [6.45, 7) is 4.27. The highest BCUT2D eigenvalue weighted by molar-refractivity contribution is 7.18. The van der Waals surface area contributed by atoms with Gasteiger partial charge in [-0.3, -0.25) is 0 Å². The molecule has 0 bridgehead atoms. The molecule has 3 heterocycles. The number of nitrogens with one attached hydrogen (secondary N) is 2. The molecule has 2 aromatic heterocycles. The van der Waals surface area contributed by atoms with Gasteiger partial charge >= 0.3 is 0 Å². The van der Waals surface area contributed by atoms with Crippen molar-refractivity contribution in [1.82, 2.24) is 15.3 Å². The molecule has 0 amide bonds. The van der Waals surface area contributed by atoms with Gasteiger partial charge < -0.3 is 10.6 Å². The Labute approximate surface area is 117 Å². The van der Waals surface area contributed by atoms with Crippen molar-refractivity contribution in [3.05, 3.63) is 17.3 Å². The number of hydrogen-bond acceptors (Lipinski definition) is 5. The zero-order valence-electron chi connectivity index (χ0n) is 11.3. The predicted molar refractivity (Wildman–Crippen MR) is 80.9 cm³/mol. The topological polar surface area (TPSA) is 49.8 Å². The second kappa shape index (κ2) is 5.84. The summed E-state index contributed by atoms with van der Waals surface area (Å²) in [5, 5.41) is 8.21. The van der Waals surface area contributed by atoms with Gasteiger partial charge in [0.2, 0.25) is 0 Å². The minimum Gasteiger partial charge on any atom is -0.368 e.